The average molecular weight is 505 g/mol. The summed E-state index contributed by atoms with van der Waals surface area (Å²) < 4.78 is 0. The number of rotatable bonds is 1. The van der Waals surface area contributed by atoms with Gasteiger partial charge in [-0.15, -0.1) is 0 Å². The molecule has 0 saturated heterocycles. The molecule has 0 aromatic heterocycles. The molecule has 3 heteroatoms. The van der Waals surface area contributed by atoms with E-state index in [-0.39, 0.29) is 5.91 Å². The number of hydrogen-bond acceptors (Lipinski definition) is 2. The number of aryl methyl sites for hydroxylation is 2. The highest BCUT2D eigenvalue weighted by molar-refractivity contribution is 6.00. The van der Waals surface area contributed by atoms with Gasteiger partial charge in [0, 0.05) is 24.8 Å². The van der Waals surface area contributed by atoms with Crippen LogP contribution in [0.15, 0.2) is 103 Å². The second-order valence-electron chi connectivity index (χ2n) is 11.2. The molecule has 39 heavy (non-hydrogen) atoms. The van der Waals surface area contributed by atoms with Crippen molar-refractivity contribution >= 4 is 23.0 Å². The van der Waals surface area contributed by atoms with E-state index in [1.807, 2.05) is 13.1 Å². The number of amides is 1. The lowest BCUT2D eigenvalue weighted by Crippen LogP contribution is -2.36. The zero-order valence-corrected chi connectivity index (χ0v) is 22.3. The summed E-state index contributed by atoms with van der Waals surface area (Å²) in [5.74, 6) is 0.0976. The molecule has 2 aliphatic heterocycles. The highest BCUT2D eigenvalue weighted by atomic mass is 16.2. The van der Waals surface area contributed by atoms with Gasteiger partial charge in [-0.05, 0) is 83.1 Å². The third kappa shape index (κ3) is 2.80. The van der Waals surface area contributed by atoms with E-state index < -0.39 is 5.41 Å². The van der Waals surface area contributed by atoms with Crippen molar-refractivity contribution in [2.24, 2.45) is 0 Å². The van der Waals surface area contributed by atoms with Crippen molar-refractivity contribution in [1.29, 1.82) is 0 Å². The largest absolute Gasteiger partial charge is 0.337 e. The van der Waals surface area contributed by atoms with E-state index >= 15 is 0 Å². The van der Waals surface area contributed by atoms with E-state index in [4.69, 9.17) is 0 Å². The molecule has 3 aliphatic rings. The number of carbonyl (C=O) groups excluding carboxylic acids is 1. The summed E-state index contributed by atoms with van der Waals surface area (Å²) in [6.45, 7) is 5.02. The maximum absolute atomic E-state index is 12.7. The van der Waals surface area contributed by atoms with Crippen molar-refractivity contribution in [3.63, 3.8) is 0 Å². The van der Waals surface area contributed by atoms with Gasteiger partial charge in [0.15, 0.2) is 0 Å². The molecular weight excluding hydrogens is 476 g/mol. The molecule has 0 radical (unpaired) electrons. The first-order chi connectivity index (χ1) is 19.0. The van der Waals surface area contributed by atoms with Gasteiger partial charge in [-0.3, -0.25) is 4.79 Å². The maximum atomic E-state index is 12.7. The first-order valence-electron chi connectivity index (χ1n) is 13.6. The van der Waals surface area contributed by atoms with Crippen molar-refractivity contribution in [3.8, 4) is 11.1 Å². The van der Waals surface area contributed by atoms with Gasteiger partial charge in [-0.1, -0.05) is 83.9 Å². The highest BCUT2D eigenvalue weighted by Gasteiger charge is 2.51. The lowest BCUT2D eigenvalue weighted by Gasteiger charge is -2.45. The summed E-state index contributed by atoms with van der Waals surface area (Å²) in [6, 6.07) is 37.9. The van der Waals surface area contributed by atoms with Crippen molar-refractivity contribution in [3.05, 3.63) is 148 Å². The lowest BCUT2D eigenvalue weighted by atomic mass is 9.64. The van der Waals surface area contributed by atoms with Crippen LogP contribution in [0, 0.1) is 13.8 Å². The zero-order chi connectivity index (χ0) is 26.5. The van der Waals surface area contributed by atoms with Gasteiger partial charge in [0.2, 0.25) is 0 Å². The van der Waals surface area contributed by atoms with Gasteiger partial charge in [0.25, 0.3) is 5.91 Å². The number of anilines is 3. The number of nitrogens with zero attached hydrogens (tertiary/aromatic N) is 2. The summed E-state index contributed by atoms with van der Waals surface area (Å²) in [5, 5.41) is 0. The fourth-order valence-corrected chi connectivity index (χ4v) is 7.25. The Morgan fingerprint density at radius 2 is 1.18 bits per heavy atom. The van der Waals surface area contributed by atoms with Gasteiger partial charge in [0.1, 0.15) is 0 Å². The van der Waals surface area contributed by atoms with E-state index in [0.29, 0.717) is 6.54 Å². The quantitative estimate of drug-likeness (QED) is 0.226. The Bertz CT molecular complexity index is 1770. The van der Waals surface area contributed by atoms with Crippen LogP contribution in [0.25, 0.3) is 11.1 Å². The molecular formula is C36H28N2O. The van der Waals surface area contributed by atoms with Gasteiger partial charge >= 0.3 is 0 Å². The molecule has 2 heterocycles. The Morgan fingerprint density at radius 3 is 1.77 bits per heavy atom. The van der Waals surface area contributed by atoms with Crippen LogP contribution in [0.5, 0.6) is 0 Å². The van der Waals surface area contributed by atoms with Crippen molar-refractivity contribution in [1.82, 2.24) is 4.90 Å². The summed E-state index contributed by atoms with van der Waals surface area (Å²) in [6.07, 6.45) is 0. The van der Waals surface area contributed by atoms with Crippen LogP contribution in [0.4, 0.5) is 17.1 Å². The molecule has 1 amide bonds. The maximum Gasteiger partial charge on any atom is 0.254 e. The Hall–Kier alpha value is -4.63. The van der Waals surface area contributed by atoms with E-state index in [1.165, 1.54) is 55.9 Å². The SMILES string of the molecule is Cc1ccc2c(c1)C1(c3ccccc3-c3ccccc31)c1cc(C)ccc1N2c1ccc2c(c1)CN(C)C2=O. The first kappa shape index (κ1) is 22.4. The van der Waals surface area contributed by atoms with Gasteiger partial charge in [0.05, 0.1) is 16.8 Å². The summed E-state index contributed by atoms with van der Waals surface area (Å²) in [7, 11) is 1.87. The molecule has 8 rings (SSSR count). The summed E-state index contributed by atoms with van der Waals surface area (Å²) in [4.78, 5) is 16.9. The smallest absolute Gasteiger partial charge is 0.254 e. The van der Waals surface area contributed by atoms with Gasteiger partial charge in [-0.25, -0.2) is 0 Å². The topological polar surface area (TPSA) is 23.6 Å². The number of fused-ring (bicyclic) bond motifs is 10. The van der Waals surface area contributed by atoms with Crippen LogP contribution in [-0.4, -0.2) is 17.9 Å². The minimum Gasteiger partial charge on any atom is -0.337 e. The van der Waals surface area contributed by atoms with E-state index in [2.05, 4.69) is 116 Å². The molecule has 3 nitrogen and oxygen atoms in total. The monoisotopic (exact) mass is 504 g/mol. The molecule has 1 spiro atoms. The molecule has 0 N–H and O–H groups in total. The molecule has 5 aromatic carbocycles. The molecule has 0 fully saturated rings. The molecule has 0 atom stereocenters. The van der Waals surface area contributed by atoms with E-state index in [9.17, 15) is 4.79 Å². The lowest BCUT2D eigenvalue weighted by molar-refractivity contribution is 0.0816. The molecule has 0 saturated carbocycles. The summed E-state index contributed by atoms with van der Waals surface area (Å²) >= 11 is 0. The van der Waals surface area contributed by atoms with Crippen LogP contribution < -0.4 is 4.90 Å². The standard InChI is InChI=1S/C36H28N2O/c1-22-12-16-33-31(18-22)36(29-10-6-4-8-27(29)28-9-5-7-11-30(28)36)32-19-23(2)13-17-34(32)38(33)25-14-15-26-24(20-25)21-37(3)35(26)39/h4-20H,21H2,1-3H3. The van der Waals surface area contributed by atoms with Crippen LogP contribution in [-0.2, 0) is 12.0 Å². The Labute approximate surface area is 229 Å². The first-order valence-corrected chi connectivity index (χ1v) is 13.6. The summed E-state index contributed by atoms with van der Waals surface area (Å²) in [5.41, 5.74) is 15.3. The van der Waals surface area contributed by atoms with Crippen LogP contribution in [0.3, 0.4) is 0 Å². The Balaban J connectivity index is 1.49. The third-order valence-electron chi connectivity index (χ3n) is 8.88. The zero-order valence-electron chi connectivity index (χ0n) is 22.3. The fourth-order valence-electron chi connectivity index (χ4n) is 7.25. The van der Waals surface area contributed by atoms with Crippen molar-refractivity contribution in [2.45, 2.75) is 25.8 Å². The minimum atomic E-state index is -0.417. The third-order valence-corrected chi connectivity index (χ3v) is 8.88. The normalized spacial score (nSPS) is 15.6. The molecule has 1 aliphatic carbocycles. The van der Waals surface area contributed by atoms with Crippen LogP contribution >= 0.6 is 0 Å². The van der Waals surface area contributed by atoms with Gasteiger partial charge < -0.3 is 9.80 Å². The predicted octanol–water partition coefficient (Wildman–Crippen LogP) is 8.04. The predicted molar refractivity (Wildman–Crippen MR) is 157 cm³/mol. The molecule has 188 valence electrons. The fraction of sp³-hybridized carbons (Fsp3) is 0.139. The second-order valence-corrected chi connectivity index (χ2v) is 11.2. The molecule has 0 unspecified atom stereocenters. The van der Waals surface area contributed by atoms with Crippen molar-refractivity contribution < 1.29 is 4.79 Å². The van der Waals surface area contributed by atoms with Crippen LogP contribution in [0.1, 0.15) is 49.3 Å². The molecule has 0 bridgehead atoms. The second kappa shape index (κ2) is 7.70. The number of benzene rings is 5. The van der Waals surface area contributed by atoms with E-state index in [1.54, 1.807) is 4.90 Å². The van der Waals surface area contributed by atoms with Gasteiger partial charge in [-0.2, -0.15) is 0 Å². The minimum absolute atomic E-state index is 0.0976. The van der Waals surface area contributed by atoms with Crippen LogP contribution in [0.2, 0.25) is 0 Å². The number of hydrogen-bond donors (Lipinski definition) is 0. The van der Waals surface area contributed by atoms with E-state index in [0.717, 1.165) is 16.8 Å². The highest BCUT2D eigenvalue weighted by Crippen LogP contribution is 2.63. The molecule has 5 aromatic rings. The number of carbonyl (C=O) groups is 1. The van der Waals surface area contributed by atoms with Crippen molar-refractivity contribution in [2.75, 3.05) is 11.9 Å². The average Bonchev–Trinajstić information content (AvgIpc) is 3.41. The Kier molecular flexibility index (Phi) is 4.42. The Morgan fingerprint density at radius 1 is 0.615 bits per heavy atom.